The number of likely N-dealkylation sites (N-methyl/N-ethyl adjacent to an activating group) is 1. The zero-order valence-corrected chi connectivity index (χ0v) is 8.40. The topological polar surface area (TPSA) is 69.2 Å². The molecule has 0 saturated carbocycles. The van der Waals surface area contributed by atoms with Crippen molar-refractivity contribution in [1.29, 1.82) is 0 Å². The van der Waals surface area contributed by atoms with Gasteiger partial charge in [0.1, 0.15) is 0 Å². The van der Waals surface area contributed by atoms with Crippen molar-refractivity contribution < 1.29 is 9.90 Å². The predicted molar refractivity (Wildman–Crippen MR) is 51.9 cm³/mol. The first kappa shape index (κ1) is 10.7. The number of imidazole rings is 1. The number of hydrogen-bond acceptors (Lipinski definition) is 3. The van der Waals surface area contributed by atoms with E-state index in [1.165, 1.54) is 6.33 Å². The summed E-state index contributed by atoms with van der Waals surface area (Å²) in [6, 6.07) is -0.618. The van der Waals surface area contributed by atoms with Gasteiger partial charge in [-0.1, -0.05) is 13.8 Å². The van der Waals surface area contributed by atoms with E-state index in [1.807, 2.05) is 18.7 Å². The smallest absolute Gasteiger partial charge is 0.327 e. The molecule has 0 aliphatic carbocycles. The van der Waals surface area contributed by atoms with Crippen LogP contribution in [0, 0.1) is 0 Å². The van der Waals surface area contributed by atoms with Crippen molar-refractivity contribution in [2.75, 3.05) is 13.1 Å². The highest BCUT2D eigenvalue weighted by Gasteiger charge is 2.26. The fourth-order valence-corrected chi connectivity index (χ4v) is 1.49. The Kier molecular flexibility index (Phi) is 3.64. The largest absolute Gasteiger partial charge is 0.480 e. The Bertz CT molecular complexity index is 280. The van der Waals surface area contributed by atoms with Crippen molar-refractivity contribution in [3.8, 4) is 0 Å². The third-order valence-corrected chi connectivity index (χ3v) is 2.23. The fourth-order valence-electron chi connectivity index (χ4n) is 1.49. The van der Waals surface area contributed by atoms with Crippen molar-refractivity contribution in [3.63, 3.8) is 0 Å². The zero-order valence-electron chi connectivity index (χ0n) is 8.40. The highest BCUT2D eigenvalue weighted by atomic mass is 16.4. The second-order valence-electron chi connectivity index (χ2n) is 2.97. The molecule has 0 aliphatic rings. The normalized spacial score (nSPS) is 13.1. The Morgan fingerprint density at radius 2 is 2.29 bits per heavy atom. The van der Waals surface area contributed by atoms with Gasteiger partial charge in [-0.05, 0) is 13.1 Å². The van der Waals surface area contributed by atoms with Gasteiger partial charge >= 0.3 is 5.97 Å². The monoisotopic (exact) mass is 197 g/mol. The molecule has 14 heavy (non-hydrogen) atoms. The number of rotatable bonds is 5. The fraction of sp³-hybridized carbons (Fsp3) is 0.556. The molecular weight excluding hydrogens is 182 g/mol. The van der Waals surface area contributed by atoms with Crippen LogP contribution in [0.2, 0.25) is 0 Å². The van der Waals surface area contributed by atoms with Crippen molar-refractivity contribution >= 4 is 5.97 Å². The van der Waals surface area contributed by atoms with Crippen LogP contribution in [0.15, 0.2) is 12.5 Å². The van der Waals surface area contributed by atoms with Gasteiger partial charge in [0, 0.05) is 0 Å². The van der Waals surface area contributed by atoms with Crippen LogP contribution in [0.3, 0.4) is 0 Å². The van der Waals surface area contributed by atoms with Gasteiger partial charge in [-0.25, -0.2) is 4.98 Å². The molecule has 1 aromatic rings. The van der Waals surface area contributed by atoms with Gasteiger partial charge in [0.05, 0.1) is 18.2 Å². The van der Waals surface area contributed by atoms with Gasteiger partial charge < -0.3 is 10.1 Å². The Hall–Kier alpha value is -1.36. The van der Waals surface area contributed by atoms with Gasteiger partial charge in [0.25, 0.3) is 0 Å². The summed E-state index contributed by atoms with van der Waals surface area (Å²) < 4.78 is 0. The zero-order chi connectivity index (χ0) is 10.6. The maximum absolute atomic E-state index is 11.1. The van der Waals surface area contributed by atoms with Crippen molar-refractivity contribution in [1.82, 2.24) is 14.9 Å². The quantitative estimate of drug-likeness (QED) is 0.735. The van der Waals surface area contributed by atoms with E-state index in [9.17, 15) is 4.79 Å². The summed E-state index contributed by atoms with van der Waals surface area (Å²) >= 11 is 0. The first-order valence-corrected chi connectivity index (χ1v) is 4.65. The average molecular weight is 197 g/mol. The van der Waals surface area contributed by atoms with E-state index in [2.05, 4.69) is 9.97 Å². The molecule has 0 amide bonds. The molecule has 0 radical (unpaired) electrons. The maximum atomic E-state index is 11.1. The van der Waals surface area contributed by atoms with Crippen LogP contribution in [0.25, 0.3) is 0 Å². The Morgan fingerprint density at radius 3 is 2.64 bits per heavy atom. The van der Waals surface area contributed by atoms with E-state index in [4.69, 9.17) is 5.11 Å². The number of aliphatic carboxylic acids is 1. The third kappa shape index (κ3) is 2.11. The molecule has 2 N–H and O–H groups in total. The lowest BCUT2D eigenvalue weighted by atomic mass is 10.2. The molecule has 0 aromatic carbocycles. The van der Waals surface area contributed by atoms with Gasteiger partial charge in [-0.15, -0.1) is 0 Å². The number of nitrogens with zero attached hydrogens (tertiary/aromatic N) is 2. The minimum absolute atomic E-state index is 0.618. The van der Waals surface area contributed by atoms with Crippen LogP contribution >= 0.6 is 0 Å². The van der Waals surface area contributed by atoms with Crippen molar-refractivity contribution in [2.24, 2.45) is 0 Å². The SMILES string of the molecule is CCN(CC)C(C(=O)O)c1cnc[nH]1. The maximum Gasteiger partial charge on any atom is 0.327 e. The molecule has 0 aliphatic heterocycles. The molecule has 0 spiro atoms. The standard InChI is InChI=1S/C9H15N3O2/c1-3-12(4-2)8(9(13)14)7-5-10-6-11-7/h5-6,8H,3-4H2,1-2H3,(H,10,11)(H,13,14). The Balaban J connectivity index is 2.89. The molecule has 5 heteroatoms. The Morgan fingerprint density at radius 1 is 1.64 bits per heavy atom. The number of aromatic amines is 1. The average Bonchev–Trinajstić information content (AvgIpc) is 2.65. The summed E-state index contributed by atoms with van der Waals surface area (Å²) in [6.07, 6.45) is 3.05. The number of carboxylic acid groups (broad SMARTS) is 1. The van der Waals surface area contributed by atoms with E-state index in [1.54, 1.807) is 6.20 Å². The summed E-state index contributed by atoms with van der Waals surface area (Å²) in [4.78, 5) is 19.6. The molecule has 5 nitrogen and oxygen atoms in total. The summed E-state index contributed by atoms with van der Waals surface area (Å²) in [7, 11) is 0. The summed E-state index contributed by atoms with van der Waals surface area (Å²) in [6.45, 7) is 5.28. The first-order valence-electron chi connectivity index (χ1n) is 4.65. The molecule has 0 fully saturated rings. The summed E-state index contributed by atoms with van der Waals surface area (Å²) in [5.41, 5.74) is 0.626. The summed E-state index contributed by atoms with van der Waals surface area (Å²) in [5.74, 6) is -0.849. The Labute approximate surface area is 82.8 Å². The lowest BCUT2D eigenvalue weighted by Gasteiger charge is -2.24. The van der Waals surface area contributed by atoms with Gasteiger partial charge in [-0.2, -0.15) is 0 Å². The molecule has 1 aromatic heterocycles. The van der Waals surface area contributed by atoms with Crippen molar-refractivity contribution in [2.45, 2.75) is 19.9 Å². The minimum Gasteiger partial charge on any atom is -0.480 e. The lowest BCUT2D eigenvalue weighted by Crippen LogP contribution is -2.34. The van der Waals surface area contributed by atoms with Crippen molar-refractivity contribution in [3.05, 3.63) is 18.2 Å². The molecule has 1 atom stereocenters. The number of nitrogens with one attached hydrogen (secondary N) is 1. The van der Waals surface area contributed by atoms with Crippen LogP contribution in [0.5, 0.6) is 0 Å². The highest BCUT2D eigenvalue weighted by molar-refractivity contribution is 5.74. The molecule has 0 bridgehead atoms. The molecular formula is C9H15N3O2. The predicted octanol–water partition coefficient (Wildman–Crippen LogP) is 0.877. The number of carbonyl (C=O) groups is 1. The number of hydrogen-bond donors (Lipinski definition) is 2. The molecule has 1 unspecified atom stereocenters. The molecule has 1 heterocycles. The highest BCUT2D eigenvalue weighted by Crippen LogP contribution is 2.17. The van der Waals surface area contributed by atoms with E-state index in [-0.39, 0.29) is 0 Å². The lowest BCUT2D eigenvalue weighted by molar-refractivity contribution is -0.143. The molecule has 1 rings (SSSR count). The van der Waals surface area contributed by atoms with E-state index >= 15 is 0 Å². The second-order valence-corrected chi connectivity index (χ2v) is 2.97. The van der Waals surface area contributed by atoms with Crippen LogP contribution < -0.4 is 0 Å². The minimum atomic E-state index is -0.849. The van der Waals surface area contributed by atoms with E-state index in [0.29, 0.717) is 18.8 Å². The molecule has 0 saturated heterocycles. The van der Waals surface area contributed by atoms with E-state index < -0.39 is 12.0 Å². The second kappa shape index (κ2) is 4.76. The van der Waals surface area contributed by atoms with Crippen LogP contribution in [0.1, 0.15) is 25.6 Å². The van der Waals surface area contributed by atoms with Crippen LogP contribution in [-0.2, 0) is 4.79 Å². The van der Waals surface area contributed by atoms with Crippen LogP contribution in [0.4, 0.5) is 0 Å². The third-order valence-electron chi connectivity index (χ3n) is 2.23. The first-order chi connectivity index (χ1) is 6.70. The number of carboxylic acids is 1. The van der Waals surface area contributed by atoms with Gasteiger partial charge in [0.2, 0.25) is 0 Å². The number of H-pyrrole nitrogens is 1. The number of aromatic nitrogens is 2. The van der Waals surface area contributed by atoms with E-state index in [0.717, 1.165) is 0 Å². The van der Waals surface area contributed by atoms with Gasteiger partial charge in [-0.3, -0.25) is 9.69 Å². The van der Waals surface area contributed by atoms with Gasteiger partial charge in [0.15, 0.2) is 6.04 Å². The molecule has 78 valence electrons. The van der Waals surface area contributed by atoms with Crippen LogP contribution in [-0.4, -0.2) is 39.0 Å². The summed E-state index contributed by atoms with van der Waals surface area (Å²) in [5, 5.41) is 9.09.